The second kappa shape index (κ2) is 7.85. The Labute approximate surface area is 113 Å². The predicted molar refractivity (Wildman–Crippen MR) is 78.3 cm³/mol. The molecule has 2 N–H and O–H groups in total. The van der Waals surface area contributed by atoms with Gasteiger partial charge in [-0.05, 0) is 50.1 Å². The molecule has 1 aromatic carbocycles. The lowest BCUT2D eigenvalue weighted by Crippen LogP contribution is -2.36. The Morgan fingerprint density at radius 2 is 2.12 bits per heavy atom. The Morgan fingerprint density at radius 3 is 2.76 bits per heavy atom. The molecule has 1 unspecified atom stereocenters. The first-order valence-corrected chi connectivity index (χ1v) is 7.12. The summed E-state index contributed by atoms with van der Waals surface area (Å²) in [6, 6.07) is 6.95. The SMILES string of the molecule is CCCNCC(C)NCc1ccc(Br)cc1C. The molecule has 0 aliphatic rings. The predicted octanol–water partition coefficient (Wildman–Crippen LogP) is 3.24. The molecule has 3 heteroatoms. The van der Waals surface area contributed by atoms with Gasteiger partial charge in [0, 0.05) is 23.6 Å². The minimum absolute atomic E-state index is 0.504. The molecule has 0 radical (unpaired) electrons. The van der Waals surface area contributed by atoms with E-state index in [2.05, 4.69) is 65.5 Å². The van der Waals surface area contributed by atoms with E-state index >= 15 is 0 Å². The van der Waals surface area contributed by atoms with Crippen LogP contribution in [0.1, 0.15) is 31.4 Å². The topological polar surface area (TPSA) is 24.1 Å². The largest absolute Gasteiger partial charge is 0.315 e. The summed E-state index contributed by atoms with van der Waals surface area (Å²) < 4.78 is 1.15. The quantitative estimate of drug-likeness (QED) is 0.755. The number of benzene rings is 1. The Bertz CT molecular complexity index is 339. The fourth-order valence-corrected chi connectivity index (χ4v) is 2.18. The van der Waals surface area contributed by atoms with Crippen molar-refractivity contribution in [2.45, 2.75) is 39.8 Å². The molecule has 2 nitrogen and oxygen atoms in total. The van der Waals surface area contributed by atoms with E-state index in [1.54, 1.807) is 0 Å². The standard InChI is InChI=1S/C14H23BrN2/c1-4-7-16-9-12(3)17-10-13-5-6-14(15)8-11(13)2/h5-6,8,12,16-17H,4,7,9-10H2,1-3H3. The zero-order chi connectivity index (χ0) is 12.7. The number of halogens is 1. The first-order valence-electron chi connectivity index (χ1n) is 6.32. The van der Waals surface area contributed by atoms with E-state index in [1.807, 2.05) is 0 Å². The van der Waals surface area contributed by atoms with Gasteiger partial charge in [-0.2, -0.15) is 0 Å². The maximum absolute atomic E-state index is 3.54. The Kier molecular flexibility index (Phi) is 6.78. The fraction of sp³-hybridized carbons (Fsp3) is 0.571. The lowest BCUT2D eigenvalue weighted by Gasteiger charge is -2.15. The molecule has 17 heavy (non-hydrogen) atoms. The average Bonchev–Trinajstić information content (AvgIpc) is 2.28. The first kappa shape index (κ1) is 14.7. The molecule has 1 aromatic rings. The molecule has 0 spiro atoms. The molecular weight excluding hydrogens is 276 g/mol. The highest BCUT2D eigenvalue weighted by atomic mass is 79.9. The van der Waals surface area contributed by atoms with Crippen molar-refractivity contribution >= 4 is 15.9 Å². The third-order valence-electron chi connectivity index (χ3n) is 2.82. The van der Waals surface area contributed by atoms with Crippen molar-refractivity contribution in [2.24, 2.45) is 0 Å². The van der Waals surface area contributed by atoms with Crippen LogP contribution in [0.15, 0.2) is 22.7 Å². The van der Waals surface area contributed by atoms with Gasteiger partial charge in [0.25, 0.3) is 0 Å². The van der Waals surface area contributed by atoms with Gasteiger partial charge in [-0.15, -0.1) is 0 Å². The molecule has 96 valence electrons. The van der Waals surface area contributed by atoms with Crippen LogP contribution < -0.4 is 10.6 Å². The molecule has 0 heterocycles. The zero-order valence-corrected chi connectivity index (χ0v) is 12.6. The van der Waals surface area contributed by atoms with Crippen LogP contribution in [0.5, 0.6) is 0 Å². The van der Waals surface area contributed by atoms with Gasteiger partial charge in [-0.1, -0.05) is 28.9 Å². The third-order valence-corrected chi connectivity index (χ3v) is 3.32. The third kappa shape index (κ3) is 5.66. The van der Waals surface area contributed by atoms with E-state index < -0.39 is 0 Å². The summed E-state index contributed by atoms with van der Waals surface area (Å²) in [6.45, 7) is 9.63. The van der Waals surface area contributed by atoms with Gasteiger partial charge in [-0.3, -0.25) is 0 Å². The van der Waals surface area contributed by atoms with Gasteiger partial charge < -0.3 is 10.6 Å². The summed E-state index contributed by atoms with van der Waals surface area (Å²) in [5.74, 6) is 0. The monoisotopic (exact) mass is 298 g/mol. The Balaban J connectivity index is 2.34. The van der Waals surface area contributed by atoms with E-state index in [9.17, 15) is 0 Å². The number of nitrogens with one attached hydrogen (secondary N) is 2. The number of aryl methyl sites for hydroxylation is 1. The second-order valence-electron chi connectivity index (χ2n) is 4.56. The fourth-order valence-electron chi connectivity index (χ4n) is 1.71. The van der Waals surface area contributed by atoms with Crippen molar-refractivity contribution in [3.05, 3.63) is 33.8 Å². The van der Waals surface area contributed by atoms with Crippen LogP contribution in [0.3, 0.4) is 0 Å². The molecule has 0 saturated carbocycles. The highest BCUT2D eigenvalue weighted by molar-refractivity contribution is 9.10. The highest BCUT2D eigenvalue weighted by Crippen LogP contribution is 2.15. The number of hydrogen-bond donors (Lipinski definition) is 2. The van der Waals surface area contributed by atoms with Crippen LogP contribution in [0.4, 0.5) is 0 Å². The van der Waals surface area contributed by atoms with Gasteiger partial charge in [0.15, 0.2) is 0 Å². The van der Waals surface area contributed by atoms with Crippen molar-refractivity contribution in [1.29, 1.82) is 0 Å². The maximum atomic E-state index is 3.54. The van der Waals surface area contributed by atoms with Gasteiger partial charge in [0.2, 0.25) is 0 Å². The molecule has 0 amide bonds. The van der Waals surface area contributed by atoms with Crippen LogP contribution in [0, 0.1) is 6.92 Å². The van der Waals surface area contributed by atoms with Crippen molar-refractivity contribution in [3.63, 3.8) is 0 Å². The molecule has 0 fully saturated rings. The summed E-state index contributed by atoms with van der Waals surface area (Å²) in [6.07, 6.45) is 1.19. The number of hydrogen-bond acceptors (Lipinski definition) is 2. The lowest BCUT2D eigenvalue weighted by molar-refractivity contribution is 0.500. The summed E-state index contributed by atoms with van der Waals surface area (Å²) in [7, 11) is 0. The van der Waals surface area contributed by atoms with Crippen LogP contribution in [-0.4, -0.2) is 19.1 Å². The van der Waals surface area contributed by atoms with Gasteiger partial charge in [-0.25, -0.2) is 0 Å². The summed E-state index contributed by atoms with van der Waals surface area (Å²) in [5.41, 5.74) is 2.70. The Morgan fingerprint density at radius 1 is 1.35 bits per heavy atom. The van der Waals surface area contributed by atoms with E-state index in [0.717, 1.165) is 24.1 Å². The Hall–Kier alpha value is -0.380. The minimum atomic E-state index is 0.504. The van der Waals surface area contributed by atoms with Gasteiger partial charge in [0.1, 0.15) is 0 Å². The number of rotatable bonds is 7. The van der Waals surface area contributed by atoms with Crippen molar-refractivity contribution in [1.82, 2.24) is 10.6 Å². The molecule has 0 aliphatic carbocycles. The normalized spacial score (nSPS) is 12.7. The van der Waals surface area contributed by atoms with E-state index in [-0.39, 0.29) is 0 Å². The summed E-state index contributed by atoms with van der Waals surface area (Å²) >= 11 is 3.49. The maximum Gasteiger partial charge on any atom is 0.0211 e. The zero-order valence-electron chi connectivity index (χ0n) is 11.0. The van der Waals surface area contributed by atoms with E-state index in [1.165, 1.54) is 17.5 Å². The van der Waals surface area contributed by atoms with Crippen LogP contribution in [-0.2, 0) is 6.54 Å². The van der Waals surface area contributed by atoms with Gasteiger partial charge >= 0.3 is 0 Å². The molecule has 0 aromatic heterocycles. The molecule has 1 rings (SSSR count). The highest BCUT2D eigenvalue weighted by Gasteiger charge is 2.03. The van der Waals surface area contributed by atoms with Crippen molar-refractivity contribution in [3.8, 4) is 0 Å². The second-order valence-corrected chi connectivity index (χ2v) is 5.47. The summed E-state index contributed by atoms with van der Waals surface area (Å²) in [5, 5.41) is 6.97. The molecule has 0 saturated heterocycles. The molecular formula is C14H23BrN2. The van der Waals surface area contributed by atoms with Crippen molar-refractivity contribution < 1.29 is 0 Å². The van der Waals surface area contributed by atoms with Crippen molar-refractivity contribution in [2.75, 3.05) is 13.1 Å². The van der Waals surface area contributed by atoms with Crippen LogP contribution in [0.2, 0.25) is 0 Å². The van der Waals surface area contributed by atoms with E-state index in [4.69, 9.17) is 0 Å². The molecule has 1 atom stereocenters. The summed E-state index contributed by atoms with van der Waals surface area (Å²) in [4.78, 5) is 0. The first-order chi connectivity index (χ1) is 8.13. The molecule has 0 bridgehead atoms. The lowest BCUT2D eigenvalue weighted by atomic mass is 10.1. The average molecular weight is 299 g/mol. The smallest absolute Gasteiger partial charge is 0.0211 e. The van der Waals surface area contributed by atoms with E-state index in [0.29, 0.717) is 6.04 Å². The minimum Gasteiger partial charge on any atom is -0.315 e. The van der Waals surface area contributed by atoms with Gasteiger partial charge in [0.05, 0.1) is 0 Å². The van der Waals surface area contributed by atoms with Crippen LogP contribution >= 0.6 is 15.9 Å². The van der Waals surface area contributed by atoms with Crippen LogP contribution in [0.25, 0.3) is 0 Å². The molecule has 0 aliphatic heterocycles.